The standard InChI is InChI=1S/C30H34N2O7/c1-5-38-27(34)30(20-22-12-8-6-9-13-22,26(33)24-16-18-25(19-17-24)32(36)37)31(28(35)39-29(2,3)4)21-23-14-10-7-11-15-23/h6-19,26,33H,5,20-21H2,1-4H3/t26-,30+/m0/s1. The molecule has 0 aliphatic rings. The lowest BCUT2D eigenvalue weighted by molar-refractivity contribution is -0.384. The number of esters is 1. The highest BCUT2D eigenvalue weighted by atomic mass is 16.6. The Labute approximate surface area is 228 Å². The maximum Gasteiger partial charge on any atom is 0.411 e. The van der Waals surface area contributed by atoms with Crippen LogP contribution in [0.4, 0.5) is 10.5 Å². The van der Waals surface area contributed by atoms with Crippen molar-refractivity contribution < 1.29 is 29.1 Å². The molecule has 39 heavy (non-hydrogen) atoms. The van der Waals surface area contributed by atoms with E-state index in [1.54, 1.807) is 76.2 Å². The molecule has 3 aromatic carbocycles. The summed E-state index contributed by atoms with van der Waals surface area (Å²) in [6.45, 7) is 6.69. The zero-order chi connectivity index (χ0) is 28.6. The third kappa shape index (κ3) is 7.20. The molecule has 1 amide bonds. The van der Waals surface area contributed by atoms with Crippen molar-refractivity contribution in [2.45, 2.75) is 57.9 Å². The van der Waals surface area contributed by atoms with E-state index in [0.717, 1.165) is 0 Å². The second kappa shape index (κ2) is 12.5. The molecule has 1 N–H and O–H groups in total. The Kier molecular flexibility index (Phi) is 9.42. The summed E-state index contributed by atoms with van der Waals surface area (Å²) in [5.74, 6) is -0.832. The summed E-state index contributed by atoms with van der Waals surface area (Å²) in [6, 6.07) is 23.2. The Balaban J connectivity index is 2.29. The van der Waals surface area contributed by atoms with Crippen LogP contribution in [0.25, 0.3) is 0 Å². The fourth-order valence-electron chi connectivity index (χ4n) is 4.30. The van der Waals surface area contributed by atoms with Crippen LogP contribution in [0, 0.1) is 10.1 Å². The van der Waals surface area contributed by atoms with Crippen molar-refractivity contribution in [1.29, 1.82) is 0 Å². The summed E-state index contributed by atoms with van der Waals surface area (Å²) in [7, 11) is 0. The van der Waals surface area contributed by atoms with Gasteiger partial charge < -0.3 is 14.6 Å². The van der Waals surface area contributed by atoms with Gasteiger partial charge in [0.1, 0.15) is 11.7 Å². The number of non-ortho nitro benzene ring substituents is 1. The molecule has 0 saturated carbocycles. The second-order valence-corrected chi connectivity index (χ2v) is 10.1. The third-order valence-corrected chi connectivity index (χ3v) is 6.10. The molecule has 0 unspecified atom stereocenters. The summed E-state index contributed by atoms with van der Waals surface area (Å²) in [4.78, 5) is 39.8. The second-order valence-electron chi connectivity index (χ2n) is 10.1. The molecule has 0 aliphatic carbocycles. The van der Waals surface area contributed by atoms with E-state index in [0.29, 0.717) is 11.1 Å². The number of hydrogen-bond acceptors (Lipinski definition) is 7. The number of aliphatic hydroxyl groups excluding tert-OH is 1. The molecular formula is C30H34N2O7. The lowest BCUT2D eigenvalue weighted by atomic mass is 9.80. The highest BCUT2D eigenvalue weighted by molar-refractivity contribution is 5.87. The number of rotatable bonds is 10. The first kappa shape index (κ1) is 29.3. The van der Waals surface area contributed by atoms with Gasteiger partial charge in [0, 0.05) is 18.6 Å². The van der Waals surface area contributed by atoms with E-state index in [2.05, 4.69) is 0 Å². The zero-order valence-electron chi connectivity index (χ0n) is 22.6. The first-order valence-electron chi connectivity index (χ1n) is 12.7. The van der Waals surface area contributed by atoms with Crippen LogP contribution in [0.2, 0.25) is 0 Å². The largest absolute Gasteiger partial charge is 0.464 e. The van der Waals surface area contributed by atoms with E-state index in [4.69, 9.17) is 9.47 Å². The number of aliphatic hydroxyl groups is 1. The average Bonchev–Trinajstić information content (AvgIpc) is 2.90. The Bertz CT molecular complexity index is 1260. The molecule has 0 bridgehead atoms. The van der Waals surface area contributed by atoms with E-state index in [9.17, 15) is 24.8 Å². The number of amides is 1. The lowest BCUT2D eigenvalue weighted by Crippen LogP contribution is -2.63. The summed E-state index contributed by atoms with van der Waals surface area (Å²) in [6.07, 6.45) is -2.57. The maximum atomic E-state index is 14.0. The molecule has 0 heterocycles. The van der Waals surface area contributed by atoms with Gasteiger partial charge in [0.2, 0.25) is 0 Å². The minimum absolute atomic E-state index is 0.00412. The van der Waals surface area contributed by atoms with Crippen LogP contribution >= 0.6 is 0 Å². The summed E-state index contributed by atoms with van der Waals surface area (Å²) in [5.41, 5.74) is -1.52. The third-order valence-electron chi connectivity index (χ3n) is 6.10. The quantitative estimate of drug-likeness (QED) is 0.204. The van der Waals surface area contributed by atoms with Crippen LogP contribution in [0.1, 0.15) is 50.5 Å². The number of ether oxygens (including phenoxy) is 2. The SMILES string of the molecule is CCOC(=O)[C@@](Cc1ccccc1)([C@@H](O)c1ccc([N+](=O)[O-])cc1)N(Cc1ccccc1)C(=O)OC(C)(C)C. The summed E-state index contributed by atoms with van der Waals surface area (Å²) in [5, 5.41) is 23.2. The van der Waals surface area contributed by atoms with Gasteiger partial charge >= 0.3 is 12.1 Å². The van der Waals surface area contributed by atoms with Crippen molar-refractivity contribution in [3.05, 3.63) is 112 Å². The van der Waals surface area contributed by atoms with E-state index in [-0.39, 0.29) is 30.8 Å². The first-order chi connectivity index (χ1) is 18.5. The van der Waals surface area contributed by atoms with Gasteiger partial charge in [-0.1, -0.05) is 60.7 Å². The van der Waals surface area contributed by atoms with Gasteiger partial charge in [0.25, 0.3) is 5.69 Å². The predicted molar refractivity (Wildman–Crippen MR) is 146 cm³/mol. The lowest BCUT2D eigenvalue weighted by Gasteiger charge is -2.45. The van der Waals surface area contributed by atoms with Crippen LogP contribution in [0.3, 0.4) is 0 Å². The van der Waals surface area contributed by atoms with Crippen molar-refractivity contribution in [1.82, 2.24) is 4.90 Å². The summed E-state index contributed by atoms with van der Waals surface area (Å²) >= 11 is 0. The van der Waals surface area contributed by atoms with E-state index < -0.39 is 34.2 Å². The molecule has 0 radical (unpaired) electrons. The van der Waals surface area contributed by atoms with Gasteiger partial charge in [-0.15, -0.1) is 0 Å². The molecule has 9 heteroatoms. The van der Waals surface area contributed by atoms with Crippen LogP contribution < -0.4 is 0 Å². The summed E-state index contributed by atoms with van der Waals surface area (Å²) < 4.78 is 11.3. The average molecular weight is 535 g/mol. The van der Waals surface area contributed by atoms with E-state index in [1.165, 1.54) is 29.2 Å². The minimum Gasteiger partial charge on any atom is -0.464 e. The Morgan fingerprint density at radius 1 is 0.923 bits per heavy atom. The molecule has 0 aromatic heterocycles. The van der Waals surface area contributed by atoms with Gasteiger partial charge in [0.15, 0.2) is 5.54 Å². The van der Waals surface area contributed by atoms with Crippen molar-refractivity contribution in [2.24, 2.45) is 0 Å². The fraction of sp³-hybridized carbons (Fsp3) is 0.333. The number of nitrogens with zero attached hydrogens (tertiary/aromatic N) is 2. The Morgan fingerprint density at radius 3 is 1.95 bits per heavy atom. The van der Waals surface area contributed by atoms with E-state index >= 15 is 0 Å². The molecule has 0 spiro atoms. The van der Waals surface area contributed by atoms with Crippen LogP contribution in [0.5, 0.6) is 0 Å². The normalized spacial score (nSPS) is 13.6. The first-order valence-corrected chi connectivity index (χ1v) is 12.7. The Hall–Kier alpha value is -4.24. The van der Waals surface area contributed by atoms with Crippen LogP contribution in [0.15, 0.2) is 84.9 Å². The zero-order valence-corrected chi connectivity index (χ0v) is 22.6. The van der Waals surface area contributed by atoms with Crippen molar-refractivity contribution >= 4 is 17.7 Å². The van der Waals surface area contributed by atoms with E-state index in [1.807, 2.05) is 12.1 Å². The maximum absolute atomic E-state index is 14.0. The predicted octanol–water partition coefficient (Wildman–Crippen LogP) is 5.61. The van der Waals surface area contributed by atoms with Gasteiger partial charge in [-0.3, -0.25) is 15.0 Å². The molecule has 3 aromatic rings. The highest BCUT2D eigenvalue weighted by Gasteiger charge is 2.55. The number of nitro benzene ring substituents is 1. The van der Waals surface area contributed by atoms with Gasteiger partial charge in [-0.05, 0) is 56.5 Å². The topological polar surface area (TPSA) is 119 Å². The van der Waals surface area contributed by atoms with Crippen molar-refractivity contribution in [3.8, 4) is 0 Å². The monoisotopic (exact) mass is 534 g/mol. The number of carbonyl (C=O) groups excluding carboxylic acids is 2. The molecule has 0 aliphatic heterocycles. The number of nitro groups is 1. The number of hydrogen-bond donors (Lipinski definition) is 1. The van der Waals surface area contributed by atoms with Crippen LogP contribution in [-0.2, 0) is 27.2 Å². The Morgan fingerprint density at radius 2 is 1.46 bits per heavy atom. The number of carbonyl (C=O) groups is 2. The van der Waals surface area contributed by atoms with Crippen LogP contribution in [-0.4, -0.2) is 44.7 Å². The minimum atomic E-state index is -1.99. The molecule has 206 valence electrons. The van der Waals surface area contributed by atoms with Gasteiger partial charge in [-0.2, -0.15) is 0 Å². The molecule has 3 rings (SSSR count). The molecule has 0 fully saturated rings. The fourth-order valence-corrected chi connectivity index (χ4v) is 4.30. The number of benzene rings is 3. The molecule has 0 saturated heterocycles. The molecule has 9 nitrogen and oxygen atoms in total. The molecular weight excluding hydrogens is 500 g/mol. The molecule has 2 atom stereocenters. The smallest absolute Gasteiger partial charge is 0.411 e. The van der Waals surface area contributed by atoms with Crippen molar-refractivity contribution in [3.63, 3.8) is 0 Å². The van der Waals surface area contributed by atoms with Gasteiger partial charge in [0.05, 0.1) is 18.1 Å². The van der Waals surface area contributed by atoms with Gasteiger partial charge in [-0.25, -0.2) is 9.59 Å². The highest BCUT2D eigenvalue weighted by Crippen LogP contribution is 2.39. The van der Waals surface area contributed by atoms with Crippen molar-refractivity contribution in [2.75, 3.05) is 6.61 Å².